The third-order valence-corrected chi connectivity index (χ3v) is 5.01. The maximum Gasteiger partial charge on any atom is 0.316 e. The van der Waals surface area contributed by atoms with E-state index >= 15 is 0 Å². The van der Waals surface area contributed by atoms with Crippen LogP contribution in [-0.2, 0) is 10.2 Å². The van der Waals surface area contributed by atoms with E-state index in [9.17, 15) is 9.90 Å². The molecule has 2 bridgehead atoms. The average molecular weight is 268 g/mol. The zero-order chi connectivity index (χ0) is 14.7. The highest BCUT2D eigenvalue weighted by Crippen LogP contribution is 2.66. The molecule has 1 aromatic rings. The summed E-state index contributed by atoms with van der Waals surface area (Å²) in [5.41, 5.74) is -0.756. The smallest absolute Gasteiger partial charge is 0.316 e. The van der Waals surface area contributed by atoms with E-state index in [0.29, 0.717) is 17.8 Å². The maximum absolute atomic E-state index is 11.9. The number of carboxylic acids is 1. The predicted molar refractivity (Wildman–Crippen MR) is 66.5 cm³/mol. The lowest BCUT2D eigenvalue weighted by Gasteiger charge is -2.33. The van der Waals surface area contributed by atoms with E-state index in [0.717, 1.165) is 6.42 Å². The van der Waals surface area contributed by atoms with Crippen molar-refractivity contribution >= 4 is 5.97 Å². The fraction of sp³-hybridized carbons (Fsp3) is 0.500. The number of rotatable bonds is 1. The van der Waals surface area contributed by atoms with Crippen LogP contribution in [0.15, 0.2) is 0 Å². The molecule has 1 heterocycles. The number of carboxylic acid groups (broad SMARTS) is 1. The first-order chi connectivity index (χ1) is 9.40. The minimum Gasteiger partial charge on any atom is -0.481 e. The molecule has 2 atom stereocenters. The second-order valence-electron chi connectivity index (χ2n) is 5.90. The normalized spacial score (nSPS) is 28.5. The number of nitrogens with zero attached hydrogens (tertiary/aromatic N) is 4. The van der Waals surface area contributed by atoms with Crippen LogP contribution in [0.2, 0.25) is 0 Å². The van der Waals surface area contributed by atoms with Crippen LogP contribution in [0.1, 0.15) is 55.4 Å². The van der Waals surface area contributed by atoms with Crippen molar-refractivity contribution < 1.29 is 9.90 Å². The van der Waals surface area contributed by atoms with Crippen molar-refractivity contribution in [2.45, 2.75) is 38.0 Å². The highest BCUT2D eigenvalue weighted by atomic mass is 16.4. The van der Waals surface area contributed by atoms with Crippen LogP contribution in [0.25, 0.3) is 0 Å². The number of hydrogen-bond donors (Lipinski definition) is 1. The molecule has 6 nitrogen and oxygen atoms in total. The predicted octanol–water partition coefficient (Wildman–Crippen LogP) is 1.46. The average Bonchev–Trinajstić information content (AvgIpc) is 2.80. The molecule has 1 saturated carbocycles. The van der Waals surface area contributed by atoms with E-state index in [4.69, 9.17) is 10.5 Å². The van der Waals surface area contributed by atoms with E-state index < -0.39 is 16.8 Å². The van der Waals surface area contributed by atoms with Gasteiger partial charge in [-0.15, -0.1) is 0 Å². The molecular formula is C14H12N4O2. The number of fused-ring (bicyclic) bond motifs is 5. The molecule has 1 fully saturated rings. The molecule has 1 N–H and O–H groups in total. The van der Waals surface area contributed by atoms with Gasteiger partial charge in [-0.1, -0.05) is 13.8 Å². The standard InChI is InChI=1S/C14H12N4O2/c1-13(2)7-3-4-14(13,12(19)20)11-10(7)17-8(5-15)9(6-16)18-11/h7H,3-4H2,1-2H3,(H,19,20)/t7-,14+/m1/s1. The molecule has 0 radical (unpaired) electrons. The molecule has 1 aromatic heterocycles. The minimum absolute atomic E-state index is 0.0184. The fourth-order valence-electron chi connectivity index (χ4n) is 3.89. The first kappa shape index (κ1) is 12.6. The summed E-state index contributed by atoms with van der Waals surface area (Å²) in [7, 11) is 0. The number of aliphatic carboxylic acids is 1. The fourth-order valence-corrected chi connectivity index (χ4v) is 3.89. The Labute approximate surface area is 115 Å². The summed E-state index contributed by atoms with van der Waals surface area (Å²) in [6, 6.07) is 3.69. The molecular weight excluding hydrogens is 256 g/mol. The summed E-state index contributed by atoms with van der Waals surface area (Å²) >= 11 is 0. The second-order valence-corrected chi connectivity index (χ2v) is 5.90. The number of hydrogen-bond acceptors (Lipinski definition) is 5. The van der Waals surface area contributed by atoms with Crippen LogP contribution >= 0.6 is 0 Å². The SMILES string of the molecule is CC1(C)[C@@H]2CC[C@@]1(C(=O)O)c1nc(C#N)c(C#N)nc12. The van der Waals surface area contributed by atoms with Crippen LogP contribution in [0.3, 0.4) is 0 Å². The Bertz CT molecular complexity index is 726. The topological polar surface area (TPSA) is 111 Å². The Morgan fingerprint density at radius 2 is 1.90 bits per heavy atom. The summed E-state index contributed by atoms with van der Waals surface area (Å²) in [6.45, 7) is 3.81. The molecule has 2 aliphatic carbocycles. The first-order valence-electron chi connectivity index (χ1n) is 6.36. The van der Waals surface area contributed by atoms with Crippen LogP contribution in [-0.4, -0.2) is 21.0 Å². The molecule has 0 aliphatic heterocycles. The highest BCUT2D eigenvalue weighted by Gasteiger charge is 2.68. The number of carbonyl (C=O) groups is 1. The van der Waals surface area contributed by atoms with E-state index in [1.54, 1.807) is 0 Å². The van der Waals surface area contributed by atoms with Crippen molar-refractivity contribution in [3.05, 3.63) is 22.8 Å². The summed E-state index contributed by atoms with van der Waals surface area (Å²) in [5, 5.41) is 27.8. The molecule has 0 saturated heterocycles. The van der Waals surface area contributed by atoms with Gasteiger partial charge in [0.05, 0.1) is 11.4 Å². The van der Waals surface area contributed by atoms with Crippen molar-refractivity contribution in [3.8, 4) is 12.1 Å². The third kappa shape index (κ3) is 1.10. The molecule has 0 spiro atoms. The monoisotopic (exact) mass is 268 g/mol. The lowest BCUT2D eigenvalue weighted by atomic mass is 9.68. The van der Waals surface area contributed by atoms with Crippen LogP contribution in [0, 0.1) is 28.1 Å². The van der Waals surface area contributed by atoms with Crippen molar-refractivity contribution in [1.82, 2.24) is 9.97 Å². The largest absolute Gasteiger partial charge is 0.481 e. The molecule has 0 unspecified atom stereocenters. The van der Waals surface area contributed by atoms with Gasteiger partial charge in [0.25, 0.3) is 0 Å². The molecule has 100 valence electrons. The lowest BCUT2D eigenvalue weighted by Crippen LogP contribution is -2.43. The summed E-state index contributed by atoms with van der Waals surface area (Å²) < 4.78 is 0. The van der Waals surface area contributed by atoms with Gasteiger partial charge in [0.1, 0.15) is 17.6 Å². The Hall–Kier alpha value is -2.47. The van der Waals surface area contributed by atoms with Gasteiger partial charge in [-0.3, -0.25) is 4.79 Å². The van der Waals surface area contributed by atoms with Crippen LogP contribution in [0.5, 0.6) is 0 Å². The van der Waals surface area contributed by atoms with Gasteiger partial charge in [0.15, 0.2) is 11.4 Å². The van der Waals surface area contributed by atoms with Gasteiger partial charge in [0.2, 0.25) is 0 Å². The minimum atomic E-state index is -1.10. The highest BCUT2D eigenvalue weighted by molar-refractivity contribution is 5.85. The molecule has 0 amide bonds. The van der Waals surface area contributed by atoms with E-state index in [-0.39, 0.29) is 17.3 Å². The Morgan fingerprint density at radius 3 is 2.45 bits per heavy atom. The summed E-state index contributed by atoms with van der Waals surface area (Å²) in [5.74, 6) is -0.951. The Balaban J connectivity index is 2.37. The molecule has 0 aromatic carbocycles. The van der Waals surface area contributed by atoms with Gasteiger partial charge in [-0.05, 0) is 18.3 Å². The quantitative estimate of drug-likeness (QED) is 0.825. The van der Waals surface area contributed by atoms with Gasteiger partial charge in [0, 0.05) is 5.92 Å². The second kappa shape index (κ2) is 3.55. The van der Waals surface area contributed by atoms with Gasteiger partial charge < -0.3 is 5.11 Å². The molecule has 3 rings (SSSR count). The molecule has 2 aliphatic rings. The zero-order valence-electron chi connectivity index (χ0n) is 11.1. The number of nitriles is 2. The summed E-state index contributed by atoms with van der Waals surface area (Å²) in [6.07, 6.45) is 1.22. The van der Waals surface area contributed by atoms with Gasteiger partial charge >= 0.3 is 5.97 Å². The van der Waals surface area contributed by atoms with Crippen LogP contribution in [0.4, 0.5) is 0 Å². The number of aromatic nitrogens is 2. The van der Waals surface area contributed by atoms with Gasteiger partial charge in [-0.25, -0.2) is 9.97 Å². The van der Waals surface area contributed by atoms with E-state index in [2.05, 4.69) is 9.97 Å². The van der Waals surface area contributed by atoms with Crippen molar-refractivity contribution in [2.24, 2.45) is 5.41 Å². The maximum atomic E-state index is 11.9. The third-order valence-electron chi connectivity index (χ3n) is 5.01. The summed E-state index contributed by atoms with van der Waals surface area (Å²) in [4.78, 5) is 20.3. The van der Waals surface area contributed by atoms with E-state index in [1.807, 2.05) is 26.0 Å². The Morgan fingerprint density at radius 1 is 1.30 bits per heavy atom. The molecule has 20 heavy (non-hydrogen) atoms. The first-order valence-corrected chi connectivity index (χ1v) is 6.36. The lowest BCUT2D eigenvalue weighted by molar-refractivity contribution is -0.147. The van der Waals surface area contributed by atoms with E-state index in [1.165, 1.54) is 0 Å². The van der Waals surface area contributed by atoms with Gasteiger partial charge in [-0.2, -0.15) is 10.5 Å². The molecule has 6 heteroatoms. The van der Waals surface area contributed by atoms with Crippen molar-refractivity contribution in [2.75, 3.05) is 0 Å². The Kier molecular flexibility index (Phi) is 2.23. The van der Waals surface area contributed by atoms with Crippen LogP contribution < -0.4 is 0 Å². The van der Waals surface area contributed by atoms with Crippen molar-refractivity contribution in [3.63, 3.8) is 0 Å². The van der Waals surface area contributed by atoms with Crippen molar-refractivity contribution in [1.29, 1.82) is 10.5 Å². The zero-order valence-corrected chi connectivity index (χ0v) is 11.1.